The quantitative estimate of drug-likeness (QED) is 0.660. The van der Waals surface area contributed by atoms with Crippen molar-refractivity contribution in [1.82, 2.24) is 4.57 Å². The third kappa shape index (κ3) is 1.93. The Balaban J connectivity index is 2.35. The molecule has 0 aliphatic heterocycles. The van der Waals surface area contributed by atoms with Gasteiger partial charge in [0, 0.05) is 17.9 Å². The first-order valence-electron chi connectivity index (χ1n) is 6.38. The van der Waals surface area contributed by atoms with Crippen LogP contribution in [0.15, 0.2) is 54.6 Å². The fraction of sp³-hybridized carbons (Fsp3) is 0.0588. The minimum atomic E-state index is -0.0677. The van der Waals surface area contributed by atoms with Crippen LogP contribution >= 0.6 is 0 Å². The number of fused-ring (bicyclic) bond motifs is 1. The molecule has 3 rings (SSSR count). The highest BCUT2D eigenvalue weighted by molar-refractivity contribution is 5.99. The zero-order valence-electron chi connectivity index (χ0n) is 11.0. The predicted octanol–water partition coefficient (Wildman–Crippen LogP) is 3.78. The summed E-state index contributed by atoms with van der Waals surface area (Å²) < 4.78 is 1.65. The fourth-order valence-electron chi connectivity index (χ4n) is 2.45. The van der Waals surface area contributed by atoms with Gasteiger partial charge in [0.05, 0.1) is 11.2 Å². The van der Waals surface area contributed by atoms with Gasteiger partial charge in [0.15, 0.2) is 0 Å². The summed E-state index contributed by atoms with van der Waals surface area (Å²) in [5, 5.41) is 0.949. The third-order valence-electron chi connectivity index (χ3n) is 3.35. The first kappa shape index (κ1) is 12.4. The Morgan fingerprint density at radius 3 is 2.45 bits per heavy atom. The number of benzene rings is 2. The lowest BCUT2D eigenvalue weighted by atomic mass is 10.1. The minimum absolute atomic E-state index is 0.0677. The molecule has 0 saturated carbocycles. The average Bonchev–Trinajstić information content (AvgIpc) is 2.86. The Kier molecular flexibility index (Phi) is 2.95. The van der Waals surface area contributed by atoms with Gasteiger partial charge in [-0.1, -0.05) is 42.5 Å². The second-order valence-corrected chi connectivity index (χ2v) is 4.69. The Morgan fingerprint density at radius 2 is 1.80 bits per heavy atom. The molecule has 0 atom stereocenters. The van der Waals surface area contributed by atoms with Gasteiger partial charge in [-0.2, -0.15) is 0 Å². The number of carbonyl (C=O) groups is 2. The van der Waals surface area contributed by atoms with E-state index in [9.17, 15) is 9.59 Å². The average molecular weight is 263 g/mol. The molecular formula is C17H13NO2. The maximum absolute atomic E-state index is 12.0. The van der Waals surface area contributed by atoms with Gasteiger partial charge in [-0.15, -0.1) is 0 Å². The molecule has 1 aromatic heterocycles. The van der Waals surface area contributed by atoms with E-state index in [2.05, 4.69) is 0 Å². The van der Waals surface area contributed by atoms with E-state index in [4.69, 9.17) is 0 Å². The second kappa shape index (κ2) is 4.78. The molecule has 3 nitrogen and oxygen atoms in total. The van der Waals surface area contributed by atoms with E-state index < -0.39 is 0 Å². The molecule has 20 heavy (non-hydrogen) atoms. The summed E-state index contributed by atoms with van der Waals surface area (Å²) in [6.07, 6.45) is 0.791. The van der Waals surface area contributed by atoms with E-state index >= 15 is 0 Å². The SMILES string of the molecule is CC(=O)n1c(-c2ccccc2)cc2ccc(C=O)cc21. The predicted molar refractivity (Wildman–Crippen MR) is 79.1 cm³/mol. The van der Waals surface area contributed by atoms with Gasteiger partial charge in [-0.05, 0) is 17.7 Å². The van der Waals surface area contributed by atoms with Crippen LogP contribution in [-0.4, -0.2) is 16.8 Å². The van der Waals surface area contributed by atoms with Gasteiger partial charge < -0.3 is 0 Å². The summed E-state index contributed by atoms with van der Waals surface area (Å²) in [6, 6.07) is 17.1. The van der Waals surface area contributed by atoms with Gasteiger partial charge >= 0.3 is 0 Å². The number of hydrogen-bond acceptors (Lipinski definition) is 2. The van der Waals surface area contributed by atoms with Crippen molar-refractivity contribution in [3.8, 4) is 11.3 Å². The molecule has 0 saturated heterocycles. The number of hydrogen-bond donors (Lipinski definition) is 0. The van der Waals surface area contributed by atoms with Gasteiger partial charge in [-0.25, -0.2) is 0 Å². The van der Waals surface area contributed by atoms with Gasteiger partial charge in [0.25, 0.3) is 0 Å². The van der Waals surface area contributed by atoms with Crippen molar-refractivity contribution in [3.05, 3.63) is 60.2 Å². The summed E-state index contributed by atoms with van der Waals surface area (Å²) in [4.78, 5) is 22.9. The van der Waals surface area contributed by atoms with Crippen LogP contribution in [0.5, 0.6) is 0 Å². The van der Waals surface area contributed by atoms with Crippen LogP contribution in [0.1, 0.15) is 22.1 Å². The summed E-state index contributed by atoms with van der Waals surface area (Å²) in [5.41, 5.74) is 3.15. The van der Waals surface area contributed by atoms with E-state index in [1.165, 1.54) is 6.92 Å². The highest BCUT2D eigenvalue weighted by atomic mass is 16.1. The summed E-state index contributed by atoms with van der Waals surface area (Å²) in [7, 11) is 0. The molecule has 3 heteroatoms. The van der Waals surface area contributed by atoms with Crippen LogP contribution in [0, 0.1) is 0 Å². The molecule has 0 aliphatic carbocycles. The molecule has 2 aromatic carbocycles. The molecule has 98 valence electrons. The molecule has 0 aliphatic rings. The number of aldehydes is 1. The highest BCUT2D eigenvalue weighted by Gasteiger charge is 2.13. The van der Waals surface area contributed by atoms with Crippen molar-refractivity contribution in [2.24, 2.45) is 0 Å². The Morgan fingerprint density at radius 1 is 1.05 bits per heavy atom. The Labute approximate surface area is 116 Å². The van der Waals surface area contributed by atoms with Gasteiger partial charge in [0.2, 0.25) is 5.91 Å². The van der Waals surface area contributed by atoms with Crippen LogP contribution in [-0.2, 0) is 0 Å². The standard InChI is InChI=1S/C17H13NO2/c1-12(20)18-16-9-13(11-19)7-8-15(16)10-17(18)14-5-3-2-4-6-14/h2-11H,1H3. The summed E-state index contributed by atoms with van der Waals surface area (Å²) in [5.74, 6) is -0.0677. The largest absolute Gasteiger partial charge is 0.298 e. The first-order chi connectivity index (χ1) is 9.70. The normalized spacial score (nSPS) is 10.7. The number of aromatic nitrogens is 1. The van der Waals surface area contributed by atoms with Crippen LogP contribution in [0.4, 0.5) is 0 Å². The van der Waals surface area contributed by atoms with Crippen LogP contribution in [0.25, 0.3) is 22.2 Å². The third-order valence-corrected chi connectivity index (χ3v) is 3.35. The maximum Gasteiger partial charge on any atom is 0.228 e. The zero-order chi connectivity index (χ0) is 14.1. The van der Waals surface area contributed by atoms with Crippen molar-refractivity contribution in [2.75, 3.05) is 0 Å². The van der Waals surface area contributed by atoms with Crippen molar-refractivity contribution in [1.29, 1.82) is 0 Å². The molecule has 1 heterocycles. The number of rotatable bonds is 2. The van der Waals surface area contributed by atoms with Crippen molar-refractivity contribution in [3.63, 3.8) is 0 Å². The maximum atomic E-state index is 12.0. The Bertz CT molecular complexity index is 800. The van der Waals surface area contributed by atoms with Crippen molar-refractivity contribution >= 4 is 23.1 Å². The van der Waals surface area contributed by atoms with Crippen LogP contribution < -0.4 is 0 Å². The molecule has 0 unspecified atom stereocenters. The Hall–Kier alpha value is -2.68. The van der Waals surface area contributed by atoms with E-state index in [-0.39, 0.29) is 5.91 Å². The molecule has 3 aromatic rings. The molecule has 0 bridgehead atoms. The van der Waals surface area contributed by atoms with Crippen LogP contribution in [0.2, 0.25) is 0 Å². The molecule has 0 spiro atoms. The first-order valence-corrected chi connectivity index (χ1v) is 6.38. The highest BCUT2D eigenvalue weighted by Crippen LogP contribution is 2.28. The van der Waals surface area contributed by atoms with E-state index in [1.54, 1.807) is 16.7 Å². The van der Waals surface area contributed by atoms with E-state index in [1.807, 2.05) is 42.5 Å². The molecule has 0 N–H and O–H groups in total. The number of carbonyl (C=O) groups excluding carboxylic acids is 2. The van der Waals surface area contributed by atoms with Gasteiger partial charge in [-0.3, -0.25) is 14.2 Å². The molecular weight excluding hydrogens is 250 g/mol. The number of nitrogens with zero attached hydrogens (tertiary/aromatic N) is 1. The summed E-state index contributed by atoms with van der Waals surface area (Å²) in [6.45, 7) is 1.53. The van der Waals surface area contributed by atoms with Gasteiger partial charge in [0.1, 0.15) is 6.29 Å². The van der Waals surface area contributed by atoms with Crippen molar-refractivity contribution in [2.45, 2.75) is 6.92 Å². The van der Waals surface area contributed by atoms with Crippen LogP contribution in [0.3, 0.4) is 0 Å². The molecule has 0 fully saturated rings. The monoisotopic (exact) mass is 263 g/mol. The topological polar surface area (TPSA) is 39.1 Å². The summed E-state index contributed by atoms with van der Waals surface area (Å²) >= 11 is 0. The fourth-order valence-corrected chi connectivity index (χ4v) is 2.45. The lowest BCUT2D eigenvalue weighted by Gasteiger charge is -2.06. The lowest BCUT2D eigenvalue weighted by molar-refractivity contribution is 0.0943. The second-order valence-electron chi connectivity index (χ2n) is 4.69. The molecule has 0 radical (unpaired) electrons. The lowest BCUT2D eigenvalue weighted by Crippen LogP contribution is -2.06. The van der Waals surface area contributed by atoms with E-state index in [0.29, 0.717) is 5.56 Å². The minimum Gasteiger partial charge on any atom is -0.298 e. The zero-order valence-corrected chi connectivity index (χ0v) is 11.0. The van der Waals surface area contributed by atoms with E-state index in [0.717, 1.165) is 28.4 Å². The van der Waals surface area contributed by atoms with Crippen molar-refractivity contribution < 1.29 is 9.59 Å². The molecule has 0 amide bonds. The smallest absolute Gasteiger partial charge is 0.228 e.